The molecule has 0 saturated heterocycles. The van der Waals surface area contributed by atoms with E-state index in [0.29, 0.717) is 0 Å². The SMILES string of the molecule is CCCCCCCCC1=C[C+](C)C=C1.[Br-]. The van der Waals surface area contributed by atoms with Gasteiger partial charge in [-0.1, -0.05) is 39.0 Å². The first-order valence-corrected chi connectivity index (χ1v) is 6.05. The summed E-state index contributed by atoms with van der Waals surface area (Å²) in [5.41, 5.74) is 1.53. The van der Waals surface area contributed by atoms with E-state index in [1.807, 2.05) is 0 Å². The molecule has 0 saturated carbocycles. The van der Waals surface area contributed by atoms with Gasteiger partial charge in [-0.05, 0) is 6.42 Å². The molecule has 0 aromatic heterocycles. The Morgan fingerprint density at radius 3 is 2.33 bits per heavy atom. The zero-order chi connectivity index (χ0) is 10.2. The summed E-state index contributed by atoms with van der Waals surface area (Å²) in [6.45, 7) is 4.44. The molecule has 0 amide bonds. The maximum atomic E-state index is 2.31. The van der Waals surface area contributed by atoms with Crippen LogP contribution in [-0.4, -0.2) is 0 Å². The van der Waals surface area contributed by atoms with Gasteiger partial charge < -0.3 is 17.0 Å². The van der Waals surface area contributed by atoms with E-state index in [0.717, 1.165) is 0 Å². The standard InChI is InChI=1S/C14H23.BrH/c1-3-4-5-6-7-8-9-14-11-10-13(2)12-14;/h10-12H,3-9H2,1-2H3;1H/q+1;/p-1. The van der Waals surface area contributed by atoms with E-state index in [9.17, 15) is 0 Å². The molecule has 1 aliphatic rings. The summed E-state index contributed by atoms with van der Waals surface area (Å²) >= 11 is 0. The van der Waals surface area contributed by atoms with Gasteiger partial charge in [-0.2, -0.15) is 0 Å². The van der Waals surface area contributed by atoms with Crippen LogP contribution >= 0.6 is 0 Å². The van der Waals surface area contributed by atoms with Crippen molar-refractivity contribution in [3.8, 4) is 0 Å². The van der Waals surface area contributed by atoms with E-state index in [-0.39, 0.29) is 17.0 Å². The summed E-state index contributed by atoms with van der Waals surface area (Å²) in [6.07, 6.45) is 16.5. The van der Waals surface area contributed by atoms with Crippen molar-refractivity contribution in [3.63, 3.8) is 0 Å². The fourth-order valence-electron chi connectivity index (χ4n) is 1.89. The molecule has 0 fully saturated rings. The molecule has 1 rings (SSSR count). The van der Waals surface area contributed by atoms with Gasteiger partial charge in [0.2, 0.25) is 0 Å². The predicted molar refractivity (Wildman–Crippen MR) is 64.1 cm³/mol. The first-order valence-electron chi connectivity index (χ1n) is 6.05. The Balaban J connectivity index is 0.00000196. The molecule has 0 heterocycles. The molecular formula is C14H23Br. The Bertz CT molecular complexity index is 203. The molecule has 0 bridgehead atoms. The Morgan fingerprint density at radius 1 is 1.07 bits per heavy atom. The molecule has 1 heteroatoms. The third-order valence-electron chi connectivity index (χ3n) is 2.79. The highest BCUT2D eigenvalue weighted by molar-refractivity contribution is 5.39. The van der Waals surface area contributed by atoms with Crippen LogP contribution < -0.4 is 17.0 Å². The summed E-state index contributed by atoms with van der Waals surface area (Å²) in [5, 5.41) is 0. The van der Waals surface area contributed by atoms with Crippen LogP contribution in [0.1, 0.15) is 58.8 Å². The Labute approximate surface area is 106 Å². The molecule has 0 radical (unpaired) electrons. The summed E-state index contributed by atoms with van der Waals surface area (Å²) in [5.74, 6) is 1.41. The molecule has 15 heavy (non-hydrogen) atoms. The van der Waals surface area contributed by atoms with Crippen LogP contribution in [0, 0.1) is 5.92 Å². The topological polar surface area (TPSA) is 0 Å². The van der Waals surface area contributed by atoms with Crippen LogP contribution in [0.2, 0.25) is 0 Å². The lowest BCUT2D eigenvalue weighted by molar-refractivity contribution is -0.00000310. The molecule has 0 atom stereocenters. The van der Waals surface area contributed by atoms with E-state index >= 15 is 0 Å². The Kier molecular flexibility index (Phi) is 8.98. The van der Waals surface area contributed by atoms with E-state index in [2.05, 4.69) is 32.1 Å². The van der Waals surface area contributed by atoms with Crippen molar-refractivity contribution in [2.45, 2.75) is 58.8 Å². The number of halogens is 1. The largest absolute Gasteiger partial charge is 1.00 e. The molecule has 1 aliphatic carbocycles. The van der Waals surface area contributed by atoms with Gasteiger partial charge in [0.05, 0.1) is 29.7 Å². The summed E-state index contributed by atoms with van der Waals surface area (Å²) in [4.78, 5) is 0. The smallest absolute Gasteiger partial charge is 0.0934 e. The van der Waals surface area contributed by atoms with Crippen molar-refractivity contribution in [2.24, 2.45) is 0 Å². The minimum absolute atomic E-state index is 0. The van der Waals surface area contributed by atoms with E-state index in [4.69, 9.17) is 0 Å². The first kappa shape index (κ1) is 14.8. The number of unbranched alkanes of at least 4 members (excludes halogenated alkanes) is 5. The maximum absolute atomic E-state index is 2.31. The van der Waals surface area contributed by atoms with Gasteiger partial charge >= 0.3 is 0 Å². The van der Waals surface area contributed by atoms with Crippen molar-refractivity contribution in [1.29, 1.82) is 0 Å². The van der Waals surface area contributed by atoms with Gasteiger partial charge in [0.15, 0.2) is 0 Å². The van der Waals surface area contributed by atoms with Crippen molar-refractivity contribution >= 4 is 0 Å². The monoisotopic (exact) mass is 270 g/mol. The van der Waals surface area contributed by atoms with Crippen molar-refractivity contribution in [3.05, 3.63) is 29.7 Å². The maximum Gasteiger partial charge on any atom is 0.0934 e. The Morgan fingerprint density at radius 2 is 1.73 bits per heavy atom. The third kappa shape index (κ3) is 6.83. The second-order valence-electron chi connectivity index (χ2n) is 4.31. The van der Waals surface area contributed by atoms with E-state index in [1.165, 1.54) is 56.4 Å². The molecule has 0 aromatic rings. The molecule has 0 nitrogen and oxygen atoms in total. The van der Waals surface area contributed by atoms with Crippen LogP contribution in [0.25, 0.3) is 0 Å². The van der Waals surface area contributed by atoms with Crippen molar-refractivity contribution < 1.29 is 17.0 Å². The minimum Gasteiger partial charge on any atom is -1.00 e. The zero-order valence-electron chi connectivity index (χ0n) is 10.1. The van der Waals surface area contributed by atoms with Gasteiger partial charge in [0.25, 0.3) is 0 Å². The fraction of sp³-hybridized carbons (Fsp3) is 0.643. The molecule has 0 N–H and O–H groups in total. The molecule has 0 aliphatic heterocycles. The van der Waals surface area contributed by atoms with Crippen LogP contribution in [0.5, 0.6) is 0 Å². The highest BCUT2D eigenvalue weighted by atomic mass is 79.9. The predicted octanol–water partition coefficient (Wildman–Crippen LogP) is 1.83. The molecule has 86 valence electrons. The summed E-state index contributed by atoms with van der Waals surface area (Å²) < 4.78 is 0. The van der Waals surface area contributed by atoms with Crippen molar-refractivity contribution in [1.82, 2.24) is 0 Å². The fourth-order valence-corrected chi connectivity index (χ4v) is 1.89. The lowest BCUT2D eigenvalue weighted by atomic mass is 10.1. The zero-order valence-corrected chi connectivity index (χ0v) is 11.6. The molecular weight excluding hydrogens is 248 g/mol. The quantitative estimate of drug-likeness (QED) is 0.489. The van der Waals surface area contributed by atoms with Crippen LogP contribution in [0.15, 0.2) is 23.8 Å². The second-order valence-corrected chi connectivity index (χ2v) is 4.31. The van der Waals surface area contributed by atoms with Gasteiger partial charge in [-0.25, -0.2) is 0 Å². The summed E-state index contributed by atoms with van der Waals surface area (Å²) in [6, 6.07) is 0. The lowest BCUT2D eigenvalue weighted by Gasteiger charge is -1.97. The van der Waals surface area contributed by atoms with Crippen LogP contribution in [0.3, 0.4) is 0 Å². The van der Waals surface area contributed by atoms with Gasteiger partial charge in [0.1, 0.15) is 0 Å². The average molecular weight is 271 g/mol. The highest BCUT2D eigenvalue weighted by Gasteiger charge is 2.12. The molecule has 0 aromatic carbocycles. The number of rotatable bonds is 7. The Hall–Kier alpha value is -0.170. The average Bonchev–Trinajstić information content (AvgIpc) is 2.58. The first-order chi connectivity index (χ1) is 6.83. The summed E-state index contributed by atoms with van der Waals surface area (Å²) in [7, 11) is 0. The van der Waals surface area contributed by atoms with Gasteiger partial charge in [0, 0.05) is 13.3 Å². The van der Waals surface area contributed by atoms with Gasteiger partial charge in [-0.15, -0.1) is 0 Å². The van der Waals surface area contributed by atoms with Crippen LogP contribution in [0.4, 0.5) is 0 Å². The second kappa shape index (κ2) is 9.08. The van der Waals surface area contributed by atoms with Crippen LogP contribution in [-0.2, 0) is 0 Å². The van der Waals surface area contributed by atoms with Gasteiger partial charge in [-0.3, -0.25) is 0 Å². The normalized spacial score (nSPS) is 14.0. The number of allylic oxidation sites excluding steroid dienone is 4. The van der Waals surface area contributed by atoms with E-state index in [1.54, 1.807) is 0 Å². The minimum atomic E-state index is 0. The molecule has 0 unspecified atom stereocenters. The molecule has 0 spiro atoms. The highest BCUT2D eigenvalue weighted by Crippen LogP contribution is 2.21. The van der Waals surface area contributed by atoms with E-state index < -0.39 is 0 Å². The number of hydrogen-bond donors (Lipinski definition) is 0. The lowest BCUT2D eigenvalue weighted by Crippen LogP contribution is -3.00. The number of hydrogen-bond acceptors (Lipinski definition) is 0. The van der Waals surface area contributed by atoms with Crippen molar-refractivity contribution in [2.75, 3.05) is 0 Å². The third-order valence-corrected chi connectivity index (χ3v) is 2.79.